The minimum Gasteiger partial charge on any atom is -0.469 e. The molecule has 0 heterocycles. The van der Waals surface area contributed by atoms with Crippen LogP contribution in [0.2, 0.25) is 36.3 Å². The first-order valence-electron chi connectivity index (χ1n) is 13.9. The van der Waals surface area contributed by atoms with E-state index in [-0.39, 0.29) is 49.0 Å². The first-order valence-corrected chi connectivity index (χ1v) is 19.0. The number of hydrogen-bond acceptors (Lipinski definition) is 6. The topological polar surface area (TPSA) is 71.1 Å². The van der Waals surface area contributed by atoms with Gasteiger partial charge in [-0.05, 0) is 54.8 Å². The molecule has 1 saturated carbocycles. The Hall–Kier alpha value is -1.49. The molecule has 8 heteroatoms. The summed E-state index contributed by atoms with van der Waals surface area (Å²) in [7, 11) is -2.44. The Morgan fingerprint density at radius 2 is 1.25 bits per heavy atom. The molecule has 0 aromatic heterocycles. The zero-order valence-electron chi connectivity index (χ0n) is 23.5. The van der Waals surface area contributed by atoms with Crippen LogP contribution in [-0.4, -0.2) is 54.5 Å². The standard InChI is InChI=1S/C28H48O6Si2/c1-8-35(9-2,10-3)33-25-20-26(34-36(11-4,12-5)13-6)24(23(25)19-27(29)31-7)21-32-28(30)22-17-15-14-16-18-22/h14-18,23-26H,8-13,19-21H2,1-7H3/t23-,24-,25+,26-/m0/s1. The molecule has 1 fully saturated rings. The van der Waals surface area contributed by atoms with E-state index in [2.05, 4.69) is 41.5 Å². The molecule has 36 heavy (non-hydrogen) atoms. The molecule has 4 atom stereocenters. The van der Waals surface area contributed by atoms with Crippen molar-refractivity contribution in [2.24, 2.45) is 11.8 Å². The maximum atomic E-state index is 12.8. The smallest absolute Gasteiger partial charge is 0.338 e. The molecular formula is C28H48O6Si2. The lowest BCUT2D eigenvalue weighted by atomic mass is 9.91. The van der Waals surface area contributed by atoms with Crippen molar-refractivity contribution < 1.29 is 27.9 Å². The SMILES string of the molecule is CC[Si](CC)(CC)O[C@H]1C[C@@H](O[Si](CC)(CC)CC)[C@@H](CC(=O)OC)[C@@H]1COC(=O)c1ccccc1. The summed E-state index contributed by atoms with van der Waals surface area (Å²) in [6.45, 7) is 13.5. The van der Waals surface area contributed by atoms with Crippen LogP contribution < -0.4 is 0 Å². The van der Waals surface area contributed by atoms with Gasteiger partial charge in [0.1, 0.15) is 0 Å². The van der Waals surface area contributed by atoms with Crippen LogP contribution in [0.1, 0.15) is 64.7 Å². The Morgan fingerprint density at radius 1 is 0.778 bits per heavy atom. The van der Waals surface area contributed by atoms with Gasteiger partial charge in [-0.2, -0.15) is 0 Å². The summed E-state index contributed by atoms with van der Waals surface area (Å²) in [5.74, 6) is -0.828. The van der Waals surface area contributed by atoms with Crippen LogP contribution in [0, 0.1) is 11.8 Å². The number of carbonyl (C=O) groups is 2. The average Bonchev–Trinajstić information content (AvgIpc) is 3.23. The van der Waals surface area contributed by atoms with Gasteiger partial charge in [-0.1, -0.05) is 59.7 Å². The van der Waals surface area contributed by atoms with Crippen LogP contribution in [0.4, 0.5) is 0 Å². The molecule has 1 aliphatic carbocycles. The van der Waals surface area contributed by atoms with Gasteiger partial charge in [-0.25, -0.2) is 4.79 Å². The number of carbonyl (C=O) groups excluding carboxylic acids is 2. The van der Waals surface area contributed by atoms with Gasteiger partial charge < -0.3 is 18.3 Å². The summed E-state index contributed by atoms with van der Waals surface area (Å²) in [4.78, 5) is 25.4. The number of benzene rings is 1. The molecule has 6 nitrogen and oxygen atoms in total. The summed E-state index contributed by atoms with van der Waals surface area (Å²) in [6, 6.07) is 15.3. The highest BCUT2D eigenvalue weighted by Gasteiger charge is 2.50. The summed E-state index contributed by atoms with van der Waals surface area (Å²) in [5, 5.41) is 0. The number of methoxy groups -OCH3 is 1. The normalized spacial score (nSPS) is 22.4. The third kappa shape index (κ3) is 7.52. The third-order valence-electron chi connectivity index (χ3n) is 8.68. The highest BCUT2D eigenvalue weighted by atomic mass is 28.4. The Kier molecular flexibility index (Phi) is 12.3. The summed E-state index contributed by atoms with van der Waals surface area (Å²) in [6.07, 6.45) is 0.781. The molecule has 1 aromatic rings. The summed E-state index contributed by atoms with van der Waals surface area (Å²) < 4.78 is 25.0. The minimum absolute atomic E-state index is 0.0988. The molecule has 0 radical (unpaired) electrons. The molecule has 0 unspecified atom stereocenters. The van der Waals surface area contributed by atoms with Crippen molar-refractivity contribution in [3.8, 4) is 0 Å². The molecular weight excluding hydrogens is 488 g/mol. The van der Waals surface area contributed by atoms with Crippen molar-refractivity contribution in [2.75, 3.05) is 13.7 Å². The van der Waals surface area contributed by atoms with E-state index >= 15 is 0 Å². The van der Waals surface area contributed by atoms with Crippen LogP contribution in [0.25, 0.3) is 0 Å². The molecule has 1 aromatic carbocycles. The van der Waals surface area contributed by atoms with Gasteiger partial charge in [0, 0.05) is 11.8 Å². The highest BCUT2D eigenvalue weighted by Crippen LogP contribution is 2.44. The Bertz CT molecular complexity index is 793. The zero-order chi connectivity index (χ0) is 26.8. The van der Waals surface area contributed by atoms with Crippen molar-refractivity contribution >= 4 is 28.6 Å². The summed E-state index contributed by atoms with van der Waals surface area (Å²) in [5.41, 5.74) is 0.527. The van der Waals surface area contributed by atoms with Gasteiger partial charge in [-0.3, -0.25) is 4.79 Å². The van der Waals surface area contributed by atoms with Gasteiger partial charge >= 0.3 is 11.9 Å². The van der Waals surface area contributed by atoms with E-state index in [4.69, 9.17) is 18.3 Å². The average molecular weight is 537 g/mol. The number of hydrogen-bond donors (Lipinski definition) is 0. The first kappa shape index (κ1) is 30.7. The molecule has 204 valence electrons. The van der Waals surface area contributed by atoms with Gasteiger partial charge in [0.2, 0.25) is 0 Å². The van der Waals surface area contributed by atoms with Crippen LogP contribution in [0.5, 0.6) is 0 Å². The van der Waals surface area contributed by atoms with Gasteiger partial charge in [0.15, 0.2) is 16.6 Å². The quantitative estimate of drug-likeness (QED) is 0.181. The molecule has 1 aliphatic rings. The highest BCUT2D eigenvalue weighted by molar-refractivity contribution is 6.74. The molecule has 0 aliphatic heterocycles. The van der Waals surface area contributed by atoms with Crippen molar-refractivity contribution in [1.29, 1.82) is 0 Å². The fraction of sp³-hybridized carbons (Fsp3) is 0.714. The van der Waals surface area contributed by atoms with Gasteiger partial charge in [0.05, 0.1) is 37.9 Å². The maximum absolute atomic E-state index is 12.8. The molecule has 0 spiro atoms. The van der Waals surface area contributed by atoms with E-state index in [9.17, 15) is 9.59 Å². The first-order chi connectivity index (χ1) is 17.3. The second-order valence-corrected chi connectivity index (χ2v) is 19.6. The molecule has 0 N–H and O–H groups in total. The number of ether oxygens (including phenoxy) is 2. The van der Waals surface area contributed by atoms with E-state index in [1.807, 2.05) is 18.2 Å². The number of rotatable bonds is 15. The predicted octanol–water partition coefficient (Wildman–Crippen LogP) is 6.82. The monoisotopic (exact) mass is 536 g/mol. The molecule has 2 rings (SSSR count). The lowest BCUT2D eigenvalue weighted by molar-refractivity contribution is -0.143. The minimum atomic E-state index is -1.94. The van der Waals surface area contributed by atoms with E-state index in [1.54, 1.807) is 12.1 Å². The lowest BCUT2D eigenvalue weighted by Gasteiger charge is -2.35. The van der Waals surface area contributed by atoms with E-state index in [0.717, 1.165) is 42.7 Å². The fourth-order valence-electron chi connectivity index (χ4n) is 5.66. The van der Waals surface area contributed by atoms with Crippen LogP contribution in [-0.2, 0) is 23.1 Å². The molecule has 0 bridgehead atoms. The Labute approximate surface area is 220 Å². The zero-order valence-corrected chi connectivity index (χ0v) is 25.5. The van der Waals surface area contributed by atoms with Gasteiger partial charge in [0.25, 0.3) is 0 Å². The second kappa shape index (κ2) is 14.5. The summed E-state index contributed by atoms with van der Waals surface area (Å²) >= 11 is 0. The fourth-order valence-corrected chi connectivity index (χ4v) is 11.5. The van der Waals surface area contributed by atoms with Crippen molar-refractivity contribution in [1.82, 2.24) is 0 Å². The Balaban J connectivity index is 2.40. The van der Waals surface area contributed by atoms with Gasteiger partial charge in [-0.15, -0.1) is 0 Å². The second-order valence-electron chi connectivity index (χ2n) is 10.1. The Morgan fingerprint density at radius 3 is 1.69 bits per heavy atom. The van der Waals surface area contributed by atoms with Crippen LogP contribution in [0.15, 0.2) is 30.3 Å². The predicted molar refractivity (Wildman–Crippen MR) is 149 cm³/mol. The van der Waals surface area contributed by atoms with Crippen molar-refractivity contribution in [3.05, 3.63) is 35.9 Å². The van der Waals surface area contributed by atoms with Crippen LogP contribution >= 0.6 is 0 Å². The van der Waals surface area contributed by atoms with E-state index in [1.165, 1.54) is 7.11 Å². The number of esters is 2. The molecule has 0 amide bonds. The maximum Gasteiger partial charge on any atom is 0.338 e. The third-order valence-corrected chi connectivity index (χ3v) is 18.0. The largest absolute Gasteiger partial charge is 0.469 e. The van der Waals surface area contributed by atoms with E-state index < -0.39 is 16.6 Å². The van der Waals surface area contributed by atoms with Crippen molar-refractivity contribution in [3.63, 3.8) is 0 Å². The molecule has 0 saturated heterocycles. The van der Waals surface area contributed by atoms with Crippen LogP contribution in [0.3, 0.4) is 0 Å². The van der Waals surface area contributed by atoms with E-state index in [0.29, 0.717) is 5.56 Å². The lowest BCUT2D eigenvalue weighted by Crippen LogP contribution is -2.43. The van der Waals surface area contributed by atoms with Crippen molar-refractivity contribution in [2.45, 2.75) is 103 Å².